The second-order valence-corrected chi connectivity index (χ2v) is 7.94. The fourth-order valence-electron chi connectivity index (χ4n) is 3.63. The molecule has 1 unspecified atom stereocenters. The summed E-state index contributed by atoms with van der Waals surface area (Å²) >= 11 is 0. The fraction of sp³-hybridized carbons (Fsp3) is 0.500. The molecule has 2 aromatic rings. The Kier molecular flexibility index (Phi) is 5.67. The molecule has 1 saturated carbocycles. The van der Waals surface area contributed by atoms with Crippen LogP contribution in [0.2, 0.25) is 0 Å². The zero-order valence-electron chi connectivity index (χ0n) is 17.1. The number of aromatic nitrogens is 1. The van der Waals surface area contributed by atoms with Gasteiger partial charge in [0.25, 0.3) is 0 Å². The molecule has 2 aliphatic rings. The quantitative estimate of drug-likeness (QED) is 0.808. The van der Waals surface area contributed by atoms with Gasteiger partial charge in [0.1, 0.15) is 5.76 Å². The van der Waals surface area contributed by atoms with E-state index in [0.29, 0.717) is 49.6 Å². The van der Waals surface area contributed by atoms with Gasteiger partial charge in [-0.05, 0) is 38.8 Å². The van der Waals surface area contributed by atoms with Crippen LogP contribution >= 0.6 is 0 Å². The van der Waals surface area contributed by atoms with Crippen LogP contribution in [0.5, 0.6) is 0 Å². The Balaban J connectivity index is 1.31. The summed E-state index contributed by atoms with van der Waals surface area (Å²) in [5.41, 5.74) is 1.59. The largest absolute Gasteiger partial charge is 0.441 e. The van der Waals surface area contributed by atoms with E-state index in [2.05, 4.69) is 15.2 Å². The summed E-state index contributed by atoms with van der Waals surface area (Å²) in [4.78, 5) is 33.6. The van der Waals surface area contributed by atoms with Gasteiger partial charge in [0, 0.05) is 37.8 Å². The van der Waals surface area contributed by atoms with Crippen molar-refractivity contribution in [2.24, 2.45) is 0 Å². The summed E-state index contributed by atoms with van der Waals surface area (Å²) in [7, 11) is 0. The molecule has 0 radical (unpaired) electrons. The average molecular weight is 396 g/mol. The number of oxazole rings is 1. The lowest BCUT2D eigenvalue weighted by molar-refractivity contribution is -0.133. The van der Waals surface area contributed by atoms with Crippen molar-refractivity contribution in [3.05, 3.63) is 41.8 Å². The van der Waals surface area contributed by atoms with Crippen molar-refractivity contribution in [3.63, 3.8) is 0 Å². The number of nitrogens with zero attached hydrogens (tertiary/aromatic N) is 3. The summed E-state index contributed by atoms with van der Waals surface area (Å²) in [6.45, 7) is 6.46. The van der Waals surface area contributed by atoms with Crippen LogP contribution in [0, 0.1) is 6.92 Å². The summed E-state index contributed by atoms with van der Waals surface area (Å²) in [5, 5.41) is 3.06. The van der Waals surface area contributed by atoms with E-state index in [4.69, 9.17) is 4.42 Å². The second kappa shape index (κ2) is 8.37. The van der Waals surface area contributed by atoms with E-state index >= 15 is 0 Å². The molecule has 0 spiro atoms. The first kappa shape index (κ1) is 19.6. The SMILES string of the molecule is Cc1oc(-c2ccccc2)nc1CC(=O)N1CCN(C(C)C(=O)NC2CC2)CC1. The number of carbonyl (C=O) groups excluding carboxylic acids is 2. The molecular weight excluding hydrogens is 368 g/mol. The van der Waals surface area contributed by atoms with Gasteiger partial charge >= 0.3 is 0 Å². The number of carbonyl (C=O) groups is 2. The number of aryl methyl sites for hydroxylation is 1. The topological polar surface area (TPSA) is 78.7 Å². The van der Waals surface area contributed by atoms with Gasteiger partial charge in [0.05, 0.1) is 18.2 Å². The normalized spacial score (nSPS) is 18.5. The van der Waals surface area contributed by atoms with Crippen molar-refractivity contribution in [1.82, 2.24) is 20.1 Å². The maximum atomic E-state index is 12.8. The number of rotatable bonds is 6. The highest BCUT2D eigenvalue weighted by Gasteiger charge is 2.31. The number of piperazine rings is 1. The molecule has 1 saturated heterocycles. The highest BCUT2D eigenvalue weighted by Crippen LogP contribution is 2.22. The van der Waals surface area contributed by atoms with E-state index in [0.717, 1.165) is 18.4 Å². The summed E-state index contributed by atoms with van der Waals surface area (Å²) in [6.07, 6.45) is 2.42. The number of amides is 2. The maximum Gasteiger partial charge on any atom is 0.237 e. The molecule has 1 atom stereocenters. The number of nitrogens with one attached hydrogen (secondary N) is 1. The molecule has 2 amide bonds. The molecule has 1 aromatic carbocycles. The van der Waals surface area contributed by atoms with E-state index in [9.17, 15) is 9.59 Å². The van der Waals surface area contributed by atoms with Gasteiger partial charge in [0.2, 0.25) is 17.7 Å². The van der Waals surface area contributed by atoms with Crippen molar-refractivity contribution < 1.29 is 14.0 Å². The summed E-state index contributed by atoms with van der Waals surface area (Å²) in [5.74, 6) is 1.38. The van der Waals surface area contributed by atoms with Crippen LogP contribution in [0.3, 0.4) is 0 Å². The minimum Gasteiger partial charge on any atom is -0.441 e. The van der Waals surface area contributed by atoms with Crippen molar-refractivity contribution in [1.29, 1.82) is 0 Å². The van der Waals surface area contributed by atoms with Gasteiger partial charge in [-0.25, -0.2) is 4.98 Å². The number of hydrogen-bond donors (Lipinski definition) is 1. The lowest BCUT2D eigenvalue weighted by Gasteiger charge is -2.37. The van der Waals surface area contributed by atoms with E-state index < -0.39 is 0 Å². The molecule has 2 fully saturated rings. The molecule has 1 aliphatic heterocycles. The third-order valence-electron chi connectivity index (χ3n) is 5.75. The van der Waals surface area contributed by atoms with Crippen molar-refractivity contribution in [3.8, 4) is 11.5 Å². The maximum absolute atomic E-state index is 12.8. The van der Waals surface area contributed by atoms with Gasteiger partial charge in [0.15, 0.2) is 0 Å². The molecule has 1 aromatic heterocycles. The smallest absolute Gasteiger partial charge is 0.237 e. The first-order chi connectivity index (χ1) is 14.0. The first-order valence-electron chi connectivity index (χ1n) is 10.3. The van der Waals surface area contributed by atoms with Gasteiger partial charge in [-0.2, -0.15) is 0 Å². The Morgan fingerprint density at radius 1 is 1.17 bits per heavy atom. The van der Waals surface area contributed by atoms with E-state index in [-0.39, 0.29) is 24.3 Å². The molecule has 154 valence electrons. The highest BCUT2D eigenvalue weighted by molar-refractivity contribution is 5.82. The summed E-state index contributed by atoms with van der Waals surface area (Å²) < 4.78 is 5.77. The van der Waals surface area contributed by atoms with E-state index in [1.165, 1.54) is 0 Å². The van der Waals surface area contributed by atoms with Gasteiger partial charge in [-0.3, -0.25) is 14.5 Å². The van der Waals surface area contributed by atoms with Crippen LogP contribution in [0.4, 0.5) is 0 Å². The minimum atomic E-state index is -0.154. The third-order valence-corrected chi connectivity index (χ3v) is 5.75. The summed E-state index contributed by atoms with van der Waals surface area (Å²) in [6, 6.07) is 9.92. The lowest BCUT2D eigenvalue weighted by Crippen LogP contribution is -2.55. The Bertz CT molecular complexity index is 867. The predicted molar refractivity (Wildman–Crippen MR) is 109 cm³/mol. The molecule has 2 heterocycles. The van der Waals surface area contributed by atoms with Crippen molar-refractivity contribution >= 4 is 11.8 Å². The predicted octanol–water partition coefficient (Wildman–Crippen LogP) is 2.00. The number of benzene rings is 1. The Morgan fingerprint density at radius 3 is 2.52 bits per heavy atom. The molecule has 7 nitrogen and oxygen atoms in total. The standard InChI is InChI=1S/C22H28N4O3/c1-15(21(28)23-18-8-9-18)25-10-12-26(13-11-25)20(27)14-19-16(2)29-22(24-19)17-6-4-3-5-7-17/h3-7,15,18H,8-14H2,1-2H3,(H,23,28). The zero-order chi connectivity index (χ0) is 20.4. The molecular formula is C22H28N4O3. The van der Waals surface area contributed by atoms with Crippen LogP contribution in [0.1, 0.15) is 31.2 Å². The van der Waals surface area contributed by atoms with Crippen LogP contribution < -0.4 is 5.32 Å². The van der Waals surface area contributed by atoms with Crippen LogP contribution in [0.25, 0.3) is 11.5 Å². The first-order valence-corrected chi connectivity index (χ1v) is 10.3. The lowest BCUT2D eigenvalue weighted by atomic mass is 10.2. The molecule has 4 rings (SSSR count). The minimum absolute atomic E-state index is 0.0516. The van der Waals surface area contributed by atoms with Crippen LogP contribution in [0.15, 0.2) is 34.7 Å². The Hall–Kier alpha value is -2.67. The molecule has 1 aliphatic carbocycles. The van der Waals surface area contributed by atoms with E-state index in [1.807, 2.05) is 49.1 Å². The molecule has 0 bridgehead atoms. The van der Waals surface area contributed by atoms with Crippen molar-refractivity contribution in [2.45, 2.75) is 45.2 Å². The van der Waals surface area contributed by atoms with Gasteiger partial charge in [-0.15, -0.1) is 0 Å². The molecule has 7 heteroatoms. The van der Waals surface area contributed by atoms with Crippen molar-refractivity contribution in [2.75, 3.05) is 26.2 Å². The van der Waals surface area contributed by atoms with Crippen LogP contribution in [-0.4, -0.2) is 64.9 Å². The monoisotopic (exact) mass is 396 g/mol. The van der Waals surface area contributed by atoms with Gasteiger partial charge < -0.3 is 14.6 Å². The Labute approximate surface area is 171 Å². The van der Waals surface area contributed by atoms with Crippen LogP contribution in [-0.2, 0) is 16.0 Å². The third kappa shape index (κ3) is 4.67. The zero-order valence-corrected chi connectivity index (χ0v) is 17.1. The van der Waals surface area contributed by atoms with E-state index in [1.54, 1.807) is 0 Å². The molecule has 1 N–H and O–H groups in total. The second-order valence-electron chi connectivity index (χ2n) is 7.94. The number of hydrogen-bond acceptors (Lipinski definition) is 5. The average Bonchev–Trinajstić information content (AvgIpc) is 3.49. The van der Waals surface area contributed by atoms with Gasteiger partial charge in [-0.1, -0.05) is 18.2 Å². The Morgan fingerprint density at radius 2 is 1.86 bits per heavy atom. The highest BCUT2D eigenvalue weighted by atomic mass is 16.4. The fourth-order valence-corrected chi connectivity index (χ4v) is 3.63. The molecule has 29 heavy (non-hydrogen) atoms.